The number of hydrogen-bond donors (Lipinski definition) is 1. The van der Waals surface area contributed by atoms with Crippen molar-refractivity contribution in [3.63, 3.8) is 0 Å². The van der Waals surface area contributed by atoms with Crippen LogP contribution in [0.25, 0.3) is 5.57 Å². The zero-order valence-corrected chi connectivity index (χ0v) is 13.8. The van der Waals surface area contributed by atoms with Gasteiger partial charge in [0.15, 0.2) is 0 Å². The second-order valence-corrected chi connectivity index (χ2v) is 6.98. The molecule has 0 amide bonds. The Morgan fingerprint density at radius 3 is 2.14 bits per heavy atom. The first-order valence-electron chi connectivity index (χ1n) is 7.49. The fourth-order valence-corrected chi connectivity index (χ4v) is 4.27. The Bertz CT molecular complexity index is 526. The minimum Gasteiger partial charge on any atom is -0.396 e. The Labute approximate surface area is 134 Å². The Balaban J connectivity index is 1.81. The van der Waals surface area contributed by atoms with Gasteiger partial charge in [-0.15, -0.1) is 0 Å². The number of thiophene rings is 2. The van der Waals surface area contributed by atoms with Crippen molar-refractivity contribution in [2.45, 2.75) is 19.3 Å². The van der Waals surface area contributed by atoms with Gasteiger partial charge in [0, 0.05) is 26.2 Å². The molecule has 0 aliphatic carbocycles. The fourth-order valence-electron chi connectivity index (χ4n) is 2.98. The van der Waals surface area contributed by atoms with Gasteiger partial charge in [-0.1, -0.05) is 5.57 Å². The molecule has 0 radical (unpaired) electrons. The van der Waals surface area contributed by atoms with Crippen LogP contribution in [0.4, 0.5) is 0 Å². The van der Waals surface area contributed by atoms with Gasteiger partial charge in [0.05, 0.1) is 0 Å². The molecule has 21 heavy (non-hydrogen) atoms. The molecule has 3 rings (SSSR count). The van der Waals surface area contributed by atoms with E-state index in [1.54, 1.807) is 28.2 Å². The van der Waals surface area contributed by atoms with E-state index in [1.165, 1.54) is 16.7 Å². The Morgan fingerprint density at radius 2 is 1.67 bits per heavy atom. The van der Waals surface area contributed by atoms with Crippen LogP contribution in [0, 0.1) is 0 Å². The van der Waals surface area contributed by atoms with E-state index in [1.807, 2.05) is 0 Å². The highest BCUT2D eigenvalue weighted by Gasteiger charge is 2.19. The Hall–Kier alpha value is -0.940. The van der Waals surface area contributed by atoms with Crippen molar-refractivity contribution in [1.82, 2.24) is 4.90 Å². The van der Waals surface area contributed by atoms with E-state index >= 15 is 0 Å². The van der Waals surface area contributed by atoms with Crippen molar-refractivity contribution in [3.8, 4) is 0 Å². The summed E-state index contributed by atoms with van der Waals surface area (Å²) in [4.78, 5) is 2.47. The molecule has 2 aromatic heterocycles. The van der Waals surface area contributed by atoms with Crippen LogP contribution < -0.4 is 0 Å². The predicted molar refractivity (Wildman–Crippen MR) is 92.0 cm³/mol. The molecule has 2 nitrogen and oxygen atoms in total. The molecule has 0 bridgehead atoms. The van der Waals surface area contributed by atoms with Crippen LogP contribution in [0.1, 0.15) is 30.4 Å². The van der Waals surface area contributed by atoms with Crippen molar-refractivity contribution in [2.75, 3.05) is 26.2 Å². The van der Waals surface area contributed by atoms with Gasteiger partial charge < -0.3 is 10.0 Å². The largest absolute Gasteiger partial charge is 0.396 e. The summed E-state index contributed by atoms with van der Waals surface area (Å²) in [6.45, 7) is 3.56. The lowest BCUT2D eigenvalue weighted by Crippen LogP contribution is -2.32. The number of aliphatic hydroxyl groups is 1. The number of nitrogens with zero attached hydrogens (tertiary/aromatic N) is 1. The number of hydrogen-bond acceptors (Lipinski definition) is 4. The van der Waals surface area contributed by atoms with Gasteiger partial charge in [-0.3, -0.25) is 0 Å². The van der Waals surface area contributed by atoms with Crippen LogP contribution in [0.15, 0.2) is 39.2 Å². The normalized spacial score (nSPS) is 16.3. The van der Waals surface area contributed by atoms with Gasteiger partial charge in [0.25, 0.3) is 0 Å². The summed E-state index contributed by atoms with van der Waals surface area (Å²) < 4.78 is 0. The molecule has 1 fully saturated rings. The third-order valence-corrected chi connectivity index (χ3v) is 5.43. The molecule has 0 spiro atoms. The van der Waals surface area contributed by atoms with Crippen LogP contribution >= 0.6 is 22.7 Å². The molecule has 1 aliphatic rings. The zero-order valence-electron chi connectivity index (χ0n) is 12.1. The van der Waals surface area contributed by atoms with E-state index in [-0.39, 0.29) is 0 Å². The van der Waals surface area contributed by atoms with E-state index in [0.717, 1.165) is 38.9 Å². The molecule has 1 saturated heterocycles. The summed E-state index contributed by atoms with van der Waals surface area (Å²) in [6.07, 6.45) is 3.18. The highest BCUT2D eigenvalue weighted by atomic mass is 32.1. The number of rotatable bonds is 5. The summed E-state index contributed by atoms with van der Waals surface area (Å²) in [5.74, 6) is 0. The average molecular weight is 319 g/mol. The van der Waals surface area contributed by atoms with E-state index in [2.05, 4.69) is 38.6 Å². The molecule has 0 atom stereocenters. The van der Waals surface area contributed by atoms with Crippen LogP contribution in [0.5, 0.6) is 0 Å². The first kappa shape index (κ1) is 15.0. The van der Waals surface area contributed by atoms with Crippen molar-refractivity contribution < 1.29 is 5.11 Å². The van der Waals surface area contributed by atoms with Crippen molar-refractivity contribution >= 4 is 28.2 Å². The fraction of sp³-hybridized carbons (Fsp3) is 0.412. The smallest absolute Gasteiger partial charge is 0.0443 e. The van der Waals surface area contributed by atoms with Crippen molar-refractivity contribution in [2.24, 2.45) is 0 Å². The van der Waals surface area contributed by atoms with E-state index in [9.17, 15) is 0 Å². The van der Waals surface area contributed by atoms with Gasteiger partial charge in [-0.25, -0.2) is 0 Å². The second-order valence-electron chi connectivity index (χ2n) is 5.42. The predicted octanol–water partition coefficient (Wildman–Crippen LogP) is 4.09. The minimum atomic E-state index is 0.300. The topological polar surface area (TPSA) is 23.5 Å². The monoisotopic (exact) mass is 319 g/mol. The average Bonchev–Trinajstić information content (AvgIpc) is 3.21. The maximum absolute atomic E-state index is 8.95. The van der Waals surface area contributed by atoms with Crippen LogP contribution in [-0.2, 0) is 0 Å². The van der Waals surface area contributed by atoms with Gasteiger partial charge in [0.1, 0.15) is 0 Å². The van der Waals surface area contributed by atoms with E-state index in [4.69, 9.17) is 5.11 Å². The lowest BCUT2D eigenvalue weighted by Gasteiger charge is -2.29. The Kier molecular flexibility index (Phi) is 5.25. The van der Waals surface area contributed by atoms with Crippen LogP contribution in [0.3, 0.4) is 0 Å². The maximum Gasteiger partial charge on any atom is 0.0443 e. The molecular weight excluding hydrogens is 298 g/mol. The highest BCUT2D eigenvalue weighted by molar-refractivity contribution is 7.08. The molecule has 112 valence electrons. The molecule has 1 N–H and O–H groups in total. The van der Waals surface area contributed by atoms with Gasteiger partial charge >= 0.3 is 0 Å². The molecule has 3 heterocycles. The van der Waals surface area contributed by atoms with Crippen molar-refractivity contribution in [3.05, 3.63) is 50.4 Å². The summed E-state index contributed by atoms with van der Waals surface area (Å²) in [7, 11) is 0. The molecular formula is C17H21NOS2. The first-order chi connectivity index (χ1) is 10.4. The van der Waals surface area contributed by atoms with Crippen LogP contribution in [-0.4, -0.2) is 36.2 Å². The molecule has 1 aliphatic heterocycles. The third kappa shape index (κ3) is 3.64. The summed E-state index contributed by atoms with van der Waals surface area (Å²) in [5, 5.41) is 17.8. The third-order valence-electron chi connectivity index (χ3n) is 4.07. The summed E-state index contributed by atoms with van der Waals surface area (Å²) in [5.41, 5.74) is 5.79. The lowest BCUT2D eigenvalue weighted by molar-refractivity contribution is 0.215. The lowest BCUT2D eigenvalue weighted by atomic mass is 9.91. The van der Waals surface area contributed by atoms with Gasteiger partial charge in [-0.2, -0.15) is 22.7 Å². The van der Waals surface area contributed by atoms with Gasteiger partial charge in [0.2, 0.25) is 0 Å². The molecule has 2 aromatic rings. The molecule has 0 saturated carbocycles. The zero-order chi connectivity index (χ0) is 14.5. The van der Waals surface area contributed by atoms with E-state index < -0.39 is 0 Å². The molecule has 0 aromatic carbocycles. The number of likely N-dealkylation sites (tertiary alicyclic amines) is 1. The second kappa shape index (κ2) is 7.36. The number of aliphatic hydroxyl groups excluding tert-OH is 1. The Morgan fingerprint density at radius 1 is 1.05 bits per heavy atom. The van der Waals surface area contributed by atoms with E-state index in [0.29, 0.717) is 6.61 Å². The van der Waals surface area contributed by atoms with Crippen molar-refractivity contribution in [1.29, 1.82) is 0 Å². The number of piperidine rings is 1. The quantitative estimate of drug-likeness (QED) is 0.897. The molecule has 4 heteroatoms. The first-order valence-corrected chi connectivity index (χ1v) is 9.37. The molecule has 0 unspecified atom stereocenters. The standard InChI is InChI=1S/C17H21NOS2/c19-9-1-6-18-7-2-14(3-8-18)17(15-4-10-20-12-15)16-5-11-21-13-16/h4-5,10-13,19H,1-3,6-9H2. The SMILES string of the molecule is OCCCN1CCC(=C(c2ccsc2)c2ccsc2)CC1. The maximum atomic E-state index is 8.95. The summed E-state index contributed by atoms with van der Waals surface area (Å²) in [6, 6.07) is 4.48. The minimum absolute atomic E-state index is 0.300. The summed E-state index contributed by atoms with van der Waals surface area (Å²) >= 11 is 3.54. The van der Waals surface area contributed by atoms with Crippen LogP contribution in [0.2, 0.25) is 0 Å². The van der Waals surface area contributed by atoms with Gasteiger partial charge in [-0.05, 0) is 69.6 Å². The highest BCUT2D eigenvalue weighted by Crippen LogP contribution is 2.34.